The van der Waals surface area contributed by atoms with Crippen molar-refractivity contribution < 1.29 is 5.11 Å². The number of nitrogens with one attached hydrogen (secondary N) is 2. The van der Waals surface area contributed by atoms with Crippen molar-refractivity contribution in [2.75, 3.05) is 13.1 Å². The second-order valence-corrected chi connectivity index (χ2v) is 6.36. The van der Waals surface area contributed by atoms with Gasteiger partial charge in [-0.15, -0.1) is 0 Å². The fourth-order valence-electron chi connectivity index (χ4n) is 3.06. The SMILES string of the molecule is O[C@H](c1ccccc1)[C@@H](NCCNCc1ccccc1)c1ccccc1. The van der Waals surface area contributed by atoms with Gasteiger partial charge in [-0.25, -0.2) is 0 Å². The van der Waals surface area contributed by atoms with Gasteiger partial charge in [-0.05, 0) is 16.7 Å². The number of benzene rings is 3. The van der Waals surface area contributed by atoms with Gasteiger partial charge in [0.25, 0.3) is 0 Å². The molecule has 0 unspecified atom stereocenters. The zero-order valence-electron chi connectivity index (χ0n) is 14.9. The lowest BCUT2D eigenvalue weighted by molar-refractivity contribution is 0.129. The quantitative estimate of drug-likeness (QED) is 0.516. The fraction of sp³-hybridized carbons (Fsp3) is 0.217. The zero-order valence-corrected chi connectivity index (χ0v) is 14.9. The van der Waals surface area contributed by atoms with Crippen molar-refractivity contribution in [3.05, 3.63) is 108 Å². The molecule has 3 heteroatoms. The van der Waals surface area contributed by atoms with E-state index in [1.54, 1.807) is 0 Å². The average molecular weight is 346 g/mol. The molecule has 0 bridgehead atoms. The molecule has 0 aromatic heterocycles. The summed E-state index contributed by atoms with van der Waals surface area (Å²) in [4.78, 5) is 0. The van der Waals surface area contributed by atoms with Crippen molar-refractivity contribution in [1.29, 1.82) is 0 Å². The van der Waals surface area contributed by atoms with Gasteiger partial charge in [0.2, 0.25) is 0 Å². The van der Waals surface area contributed by atoms with E-state index in [0.29, 0.717) is 0 Å². The Hall–Kier alpha value is -2.46. The van der Waals surface area contributed by atoms with Gasteiger partial charge in [0.1, 0.15) is 0 Å². The van der Waals surface area contributed by atoms with Crippen LogP contribution in [0.3, 0.4) is 0 Å². The average Bonchev–Trinajstić information content (AvgIpc) is 2.72. The van der Waals surface area contributed by atoms with E-state index in [-0.39, 0.29) is 6.04 Å². The van der Waals surface area contributed by atoms with Crippen LogP contribution in [-0.2, 0) is 6.54 Å². The molecule has 3 nitrogen and oxygen atoms in total. The van der Waals surface area contributed by atoms with E-state index in [1.165, 1.54) is 5.56 Å². The summed E-state index contributed by atoms with van der Waals surface area (Å²) in [6.45, 7) is 2.45. The van der Waals surface area contributed by atoms with Crippen molar-refractivity contribution in [2.24, 2.45) is 0 Å². The molecule has 0 aliphatic carbocycles. The molecule has 0 heterocycles. The summed E-state index contributed by atoms with van der Waals surface area (Å²) in [5, 5.41) is 17.8. The molecule has 3 rings (SSSR count). The fourth-order valence-corrected chi connectivity index (χ4v) is 3.06. The highest BCUT2D eigenvalue weighted by molar-refractivity contribution is 5.26. The van der Waals surface area contributed by atoms with Gasteiger partial charge in [0.05, 0.1) is 12.1 Å². The van der Waals surface area contributed by atoms with Gasteiger partial charge in [-0.3, -0.25) is 0 Å². The van der Waals surface area contributed by atoms with Crippen LogP contribution in [-0.4, -0.2) is 18.2 Å². The Bertz CT molecular complexity index is 747. The number of aliphatic hydroxyl groups excluding tert-OH is 1. The Kier molecular flexibility index (Phi) is 6.96. The third-order valence-corrected chi connectivity index (χ3v) is 4.45. The molecule has 26 heavy (non-hydrogen) atoms. The molecular weight excluding hydrogens is 320 g/mol. The topological polar surface area (TPSA) is 44.3 Å². The third kappa shape index (κ3) is 5.27. The lowest BCUT2D eigenvalue weighted by Gasteiger charge is -2.25. The highest BCUT2D eigenvalue weighted by Crippen LogP contribution is 2.28. The summed E-state index contributed by atoms with van der Waals surface area (Å²) in [5.41, 5.74) is 3.29. The minimum atomic E-state index is -0.590. The summed E-state index contributed by atoms with van der Waals surface area (Å²) >= 11 is 0. The molecule has 0 saturated carbocycles. The summed E-state index contributed by atoms with van der Waals surface area (Å²) in [7, 11) is 0. The molecule has 3 N–H and O–H groups in total. The van der Waals surface area contributed by atoms with Gasteiger partial charge < -0.3 is 15.7 Å². The predicted octanol–water partition coefficient (Wildman–Crippen LogP) is 3.84. The highest BCUT2D eigenvalue weighted by Gasteiger charge is 2.21. The van der Waals surface area contributed by atoms with Crippen LogP contribution in [0.25, 0.3) is 0 Å². The molecule has 0 radical (unpaired) electrons. The first-order valence-corrected chi connectivity index (χ1v) is 9.10. The van der Waals surface area contributed by atoms with Crippen molar-refractivity contribution >= 4 is 0 Å². The Morgan fingerprint density at radius 1 is 0.654 bits per heavy atom. The number of rotatable bonds is 9. The summed E-state index contributed by atoms with van der Waals surface area (Å²) in [5.74, 6) is 0. The lowest BCUT2D eigenvalue weighted by Crippen LogP contribution is -2.33. The molecule has 0 saturated heterocycles. The zero-order chi connectivity index (χ0) is 18.0. The molecule has 0 aliphatic heterocycles. The van der Waals surface area contributed by atoms with Crippen LogP contribution in [0, 0.1) is 0 Å². The maximum Gasteiger partial charge on any atom is 0.0984 e. The van der Waals surface area contributed by atoms with Crippen LogP contribution in [0.15, 0.2) is 91.0 Å². The first-order chi connectivity index (χ1) is 12.8. The van der Waals surface area contributed by atoms with Crippen LogP contribution >= 0.6 is 0 Å². The van der Waals surface area contributed by atoms with Gasteiger partial charge in [-0.1, -0.05) is 91.0 Å². The Morgan fingerprint density at radius 2 is 1.19 bits per heavy atom. The minimum absolute atomic E-state index is 0.142. The maximum absolute atomic E-state index is 10.9. The summed E-state index contributed by atoms with van der Waals surface area (Å²) in [6, 6.07) is 30.2. The van der Waals surface area contributed by atoms with Crippen LogP contribution in [0.5, 0.6) is 0 Å². The van der Waals surface area contributed by atoms with E-state index in [2.05, 4.69) is 47.0 Å². The monoisotopic (exact) mass is 346 g/mol. The Labute approximate surface area is 155 Å². The molecule has 2 atom stereocenters. The Balaban J connectivity index is 1.58. The van der Waals surface area contributed by atoms with E-state index in [0.717, 1.165) is 30.8 Å². The number of aliphatic hydroxyl groups is 1. The van der Waals surface area contributed by atoms with Gasteiger partial charge in [-0.2, -0.15) is 0 Å². The normalized spacial score (nSPS) is 13.3. The van der Waals surface area contributed by atoms with E-state index < -0.39 is 6.10 Å². The molecular formula is C23H26N2O. The van der Waals surface area contributed by atoms with Crippen molar-refractivity contribution in [3.63, 3.8) is 0 Å². The molecule has 0 spiro atoms. The van der Waals surface area contributed by atoms with Crippen molar-refractivity contribution in [1.82, 2.24) is 10.6 Å². The molecule has 134 valence electrons. The van der Waals surface area contributed by atoms with Gasteiger partial charge >= 0.3 is 0 Å². The van der Waals surface area contributed by atoms with Crippen molar-refractivity contribution in [3.8, 4) is 0 Å². The Morgan fingerprint density at radius 3 is 1.81 bits per heavy atom. The predicted molar refractivity (Wildman–Crippen MR) is 107 cm³/mol. The molecule has 0 aliphatic rings. The highest BCUT2D eigenvalue weighted by atomic mass is 16.3. The maximum atomic E-state index is 10.9. The standard InChI is InChI=1S/C23H26N2O/c26-23(21-14-8-3-9-15-21)22(20-12-6-2-7-13-20)25-17-16-24-18-19-10-4-1-5-11-19/h1-15,22-26H,16-18H2/t22-,23+/m0/s1. The minimum Gasteiger partial charge on any atom is -0.386 e. The second-order valence-electron chi connectivity index (χ2n) is 6.36. The molecule has 0 fully saturated rings. The molecule has 3 aromatic rings. The van der Waals surface area contributed by atoms with E-state index in [9.17, 15) is 5.11 Å². The molecule has 3 aromatic carbocycles. The van der Waals surface area contributed by atoms with Crippen LogP contribution in [0.1, 0.15) is 28.8 Å². The van der Waals surface area contributed by atoms with Crippen LogP contribution < -0.4 is 10.6 Å². The second kappa shape index (κ2) is 9.88. The smallest absolute Gasteiger partial charge is 0.0984 e. The van der Waals surface area contributed by atoms with E-state index >= 15 is 0 Å². The van der Waals surface area contributed by atoms with Gasteiger partial charge in [0.15, 0.2) is 0 Å². The summed E-state index contributed by atoms with van der Waals surface area (Å²) < 4.78 is 0. The number of hydrogen-bond acceptors (Lipinski definition) is 3. The van der Waals surface area contributed by atoms with Crippen LogP contribution in [0.4, 0.5) is 0 Å². The first kappa shape index (κ1) is 18.3. The van der Waals surface area contributed by atoms with Crippen LogP contribution in [0.2, 0.25) is 0 Å². The van der Waals surface area contributed by atoms with E-state index in [1.807, 2.05) is 54.6 Å². The van der Waals surface area contributed by atoms with Gasteiger partial charge in [0, 0.05) is 19.6 Å². The summed E-state index contributed by atoms with van der Waals surface area (Å²) in [6.07, 6.45) is -0.590. The van der Waals surface area contributed by atoms with E-state index in [4.69, 9.17) is 0 Å². The lowest BCUT2D eigenvalue weighted by atomic mass is 9.96. The largest absolute Gasteiger partial charge is 0.386 e. The first-order valence-electron chi connectivity index (χ1n) is 9.10. The van der Waals surface area contributed by atoms with Crippen molar-refractivity contribution in [2.45, 2.75) is 18.7 Å². The molecule has 0 amide bonds. The third-order valence-electron chi connectivity index (χ3n) is 4.45. The number of hydrogen-bond donors (Lipinski definition) is 3.